The maximum absolute atomic E-state index is 13.4. The molecule has 0 saturated heterocycles. The second-order valence-electron chi connectivity index (χ2n) is 13.6. The molecule has 2 aliphatic heterocycles. The first-order valence-corrected chi connectivity index (χ1v) is 18.2. The van der Waals surface area contributed by atoms with Gasteiger partial charge in [0.05, 0.1) is 23.1 Å². The number of halogens is 1. The molecule has 8 nitrogen and oxygen atoms in total. The smallest absolute Gasteiger partial charge is 0.264 e. The minimum Gasteiger partial charge on any atom is -0.490 e. The van der Waals surface area contributed by atoms with Crippen LogP contribution in [0.1, 0.15) is 92.6 Å². The van der Waals surface area contributed by atoms with Crippen molar-refractivity contribution in [1.82, 2.24) is 4.72 Å². The van der Waals surface area contributed by atoms with E-state index in [0.717, 1.165) is 42.8 Å². The van der Waals surface area contributed by atoms with Crippen LogP contribution in [-0.2, 0) is 21.9 Å². The number of benzene rings is 2. The van der Waals surface area contributed by atoms with Crippen molar-refractivity contribution >= 4 is 33.2 Å². The van der Waals surface area contributed by atoms with E-state index in [0.29, 0.717) is 64.0 Å². The first-order valence-electron chi connectivity index (χ1n) is 16.3. The van der Waals surface area contributed by atoms with Gasteiger partial charge in [-0.1, -0.05) is 37.4 Å². The minimum absolute atomic E-state index is 0.0285. The SMILES string of the molecule is CC[C@@H]1CCCC[C@](O)(CCO)[C@@H]2CC[C@H]2CN2C[C@@]3(CCCc4cc(Cl)ccc43)COc3ccc(cc32)C(=O)NS1(=O)=O. The van der Waals surface area contributed by atoms with Crippen molar-refractivity contribution < 1.29 is 28.2 Å². The number of carbonyl (C=O) groups is 1. The molecule has 0 unspecified atom stereocenters. The minimum atomic E-state index is -3.90. The van der Waals surface area contributed by atoms with Gasteiger partial charge in [-0.3, -0.25) is 4.79 Å². The average molecular weight is 645 g/mol. The maximum Gasteiger partial charge on any atom is 0.264 e. The van der Waals surface area contributed by atoms with Crippen LogP contribution in [-0.4, -0.2) is 61.7 Å². The third-order valence-corrected chi connectivity index (χ3v) is 13.1. The summed E-state index contributed by atoms with van der Waals surface area (Å²) in [5, 5.41) is 21.9. The van der Waals surface area contributed by atoms with Gasteiger partial charge in [-0.05, 0) is 111 Å². The van der Waals surface area contributed by atoms with Gasteiger partial charge in [-0.25, -0.2) is 13.1 Å². The van der Waals surface area contributed by atoms with Gasteiger partial charge in [-0.15, -0.1) is 0 Å². The number of ether oxygens (including phenoxy) is 1. The lowest BCUT2D eigenvalue weighted by atomic mass is 9.62. The number of hydrogen-bond acceptors (Lipinski definition) is 7. The second kappa shape index (κ2) is 12.5. The quantitative estimate of drug-likeness (QED) is 0.412. The monoisotopic (exact) mass is 644 g/mol. The molecule has 2 bridgehead atoms. The molecule has 4 aliphatic rings. The van der Waals surface area contributed by atoms with E-state index in [1.54, 1.807) is 18.2 Å². The molecule has 0 radical (unpaired) electrons. The van der Waals surface area contributed by atoms with Crippen LogP contribution >= 0.6 is 11.6 Å². The fraction of sp³-hybridized carbons (Fsp3) is 0.618. The van der Waals surface area contributed by atoms with Crippen LogP contribution < -0.4 is 14.4 Å². The van der Waals surface area contributed by atoms with Crippen LogP contribution in [0.5, 0.6) is 5.75 Å². The summed E-state index contributed by atoms with van der Waals surface area (Å²) in [4.78, 5) is 15.7. The lowest BCUT2D eigenvalue weighted by Gasteiger charge is -2.50. The van der Waals surface area contributed by atoms with Crippen LogP contribution in [0.2, 0.25) is 5.02 Å². The number of aryl methyl sites for hydroxylation is 1. The number of anilines is 1. The Morgan fingerprint density at radius 3 is 2.68 bits per heavy atom. The highest BCUT2D eigenvalue weighted by molar-refractivity contribution is 7.90. The number of sulfonamides is 1. The number of hydrogen-bond donors (Lipinski definition) is 3. The van der Waals surface area contributed by atoms with Crippen molar-refractivity contribution in [3.63, 3.8) is 0 Å². The summed E-state index contributed by atoms with van der Waals surface area (Å²) < 4.78 is 35.5. The van der Waals surface area contributed by atoms with Gasteiger partial charge in [0.25, 0.3) is 5.91 Å². The molecule has 1 saturated carbocycles. The van der Waals surface area contributed by atoms with E-state index in [-0.39, 0.29) is 29.4 Å². The molecule has 240 valence electrons. The second-order valence-corrected chi connectivity index (χ2v) is 16.0. The lowest BCUT2D eigenvalue weighted by molar-refractivity contribution is -0.100. The summed E-state index contributed by atoms with van der Waals surface area (Å²) in [5.74, 6) is 0.267. The van der Waals surface area contributed by atoms with Crippen molar-refractivity contribution in [2.75, 3.05) is 31.2 Å². The molecule has 1 spiro atoms. The van der Waals surface area contributed by atoms with Gasteiger partial charge in [0.1, 0.15) is 5.75 Å². The van der Waals surface area contributed by atoms with Crippen molar-refractivity contribution in [2.24, 2.45) is 11.8 Å². The van der Waals surface area contributed by atoms with Crippen LogP contribution in [0.3, 0.4) is 0 Å². The molecule has 3 N–H and O–H groups in total. The topological polar surface area (TPSA) is 116 Å². The largest absolute Gasteiger partial charge is 0.490 e. The summed E-state index contributed by atoms with van der Waals surface area (Å²) in [6.07, 6.45) is 7.65. The van der Waals surface area contributed by atoms with Crippen molar-refractivity contribution in [1.29, 1.82) is 0 Å². The van der Waals surface area contributed by atoms with E-state index < -0.39 is 26.8 Å². The van der Waals surface area contributed by atoms with Crippen molar-refractivity contribution in [2.45, 2.75) is 93.8 Å². The standard InChI is InChI=1S/C34H45ClN2O6S/c1-2-27-7-3-4-15-34(40,16-17-38)29-11-8-25(29)20-37-21-33(14-5-6-23-18-26(35)10-12-28(23)33)22-43-31-13-9-24(19-30(31)37)32(39)36-44(27,41)42/h9-10,12-13,18-19,25,27,29,38,40H,2-8,11,14-17,20-22H2,1H3,(H,36,39)/t25-,27+,29+,33-,34-/m0/s1. The maximum atomic E-state index is 13.4. The van der Waals surface area contributed by atoms with Crippen LogP contribution in [0.25, 0.3) is 0 Å². The normalized spacial score (nSPS) is 32.0. The molecule has 2 heterocycles. The number of nitrogens with one attached hydrogen (secondary N) is 1. The molecule has 2 aromatic carbocycles. The van der Waals surface area contributed by atoms with E-state index >= 15 is 0 Å². The Morgan fingerprint density at radius 2 is 1.93 bits per heavy atom. The van der Waals surface area contributed by atoms with Crippen LogP contribution in [0.15, 0.2) is 36.4 Å². The summed E-state index contributed by atoms with van der Waals surface area (Å²) >= 11 is 6.41. The molecular formula is C34H45ClN2O6S. The molecule has 0 aromatic heterocycles. The fourth-order valence-electron chi connectivity index (χ4n) is 8.38. The highest BCUT2D eigenvalue weighted by atomic mass is 35.5. The molecule has 10 heteroatoms. The Labute approximate surface area is 266 Å². The Hall–Kier alpha value is -2.33. The van der Waals surface area contributed by atoms with Gasteiger partial charge in [0, 0.05) is 35.7 Å². The van der Waals surface area contributed by atoms with Gasteiger partial charge < -0.3 is 19.8 Å². The summed E-state index contributed by atoms with van der Waals surface area (Å²) in [7, 11) is -3.90. The third-order valence-electron chi connectivity index (χ3n) is 10.9. The summed E-state index contributed by atoms with van der Waals surface area (Å²) in [5.41, 5.74) is 2.22. The Morgan fingerprint density at radius 1 is 1.09 bits per heavy atom. The van der Waals surface area contributed by atoms with E-state index in [2.05, 4.69) is 21.8 Å². The molecule has 2 aromatic rings. The third kappa shape index (κ3) is 5.97. The zero-order valence-corrected chi connectivity index (χ0v) is 27.1. The predicted octanol–water partition coefficient (Wildman–Crippen LogP) is 5.37. The Bertz CT molecular complexity index is 1500. The highest BCUT2D eigenvalue weighted by Gasteiger charge is 2.48. The lowest BCUT2D eigenvalue weighted by Crippen LogP contribution is -2.53. The summed E-state index contributed by atoms with van der Waals surface area (Å²) in [6, 6.07) is 11.3. The number of aliphatic hydroxyl groups excluding tert-OH is 1. The predicted molar refractivity (Wildman–Crippen MR) is 172 cm³/mol. The van der Waals surface area contributed by atoms with Crippen molar-refractivity contribution in [3.05, 3.63) is 58.1 Å². The number of amides is 1. The first kappa shape index (κ1) is 31.6. The number of carbonyl (C=O) groups excluding carboxylic acids is 1. The van der Waals surface area contributed by atoms with Gasteiger partial charge >= 0.3 is 0 Å². The summed E-state index contributed by atoms with van der Waals surface area (Å²) in [6.45, 7) is 3.53. The number of rotatable bonds is 3. The molecule has 5 atom stereocenters. The number of fused-ring (bicyclic) bond motifs is 4. The Kier molecular flexibility index (Phi) is 8.96. The van der Waals surface area contributed by atoms with Gasteiger partial charge in [0.2, 0.25) is 10.0 Å². The van der Waals surface area contributed by atoms with E-state index in [9.17, 15) is 23.4 Å². The molecule has 2 aliphatic carbocycles. The zero-order chi connectivity index (χ0) is 31.1. The zero-order valence-electron chi connectivity index (χ0n) is 25.6. The molecular weight excluding hydrogens is 600 g/mol. The molecule has 1 fully saturated rings. The van der Waals surface area contributed by atoms with Gasteiger partial charge in [-0.2, -0.15) is 0 Å². The number of aliphatic hydroxyl groups is 2. The van der Waals surface area contributed by atoms with E-state index in [1.807, 2.05) is 13.0 Å². The Balaban J connectivity index is 1.43. The van der Waals surface area contributed by atoms with Crippen LogP contribution in [0, 0.1) is 11.8 Å². The van der Waals surface area contributed by atoms with E-state index in [4.69, 9.17) is 16.3 Å². The molecule has 44 heavy (non-hydrogen) atoms. The van der Waals surface area contributed by atoms with Crippen LogP contribution in [0.4, 0.5) is 5.69 Å². The number of nitrogens with zero attached hydrogens (tertiary/aromatic N) is 1. The molecule has 1 amide bonds. The van der Waals surface area contributed by atoms with E-state index in [1.165, 1.54) is 11.1 Å². The highest BCUT2D eigenvalue weighted by Crippen LogP contribution is 2.49. The first-order chi connectivity index (χ1) is 21.1. The fourth-order valence-corrected chi connectivity index (χ4v) is 10.0. The average Bonchev–Trinajstić information content (AvgIpc) is 3.11. The molecule has 6 rings (SSSR count). The van der Waals surface area contributed by atoms with Gasteiger partial charge in [0.15, 0.2) is 0 Å². The van der Waals surface area contributed by atoms with Crippen molar-refractivity contribution in [3.8, 4) is 5.75 Å².